The van der Waals surface area contributed by atoms with Crippen molar-refractivity contribution in [2.45, 2.75) is 20.0 Å². The average molecular weight is 290 g/mol. The minimum Gasteiger partial charge on any atom is -0.485 e. The number of hydrogen-bond donors (Lipinski definition) is 1. The molecule has 0 radical (unpaired) electrons. The van der Waals surface area contributed by atoms with Crippen molar-refractivity contribution in [1.29, 1.82) is 0 Å². The Bertz CT molecular complexity index is 637. The largest absolute Gasteiger partial charge is 0.485 e. The Kier molecular flexibility index (Phi) is 5.16. The minimum absolute atomic E-state index is 0.0704. The van der Waals surface area contributed by atoms with Crippen molar-refractivity contribution in [3.63, 3.8) is 0 Å². The van der Waals surface area contributed by atoms with Crippen LogP contribution < -0.4 is 4.74 Å². The van der Waals surface area contributed by atoms with E-state index in [0.717, 1.165) is 15.3 Å². The van der Waals surface area contributed by atoms with E-state index in [0.29, 0.717) is 13.0 Å². The van der Waals surface area contributed by atoms with Gasteiger partial charge in [0.1, 0.15) is 6.61 Å². The molecule has 0 saturated carbocycles. The second-order valence-corrected chi connectivity index (χ2v) is 5.43. The van der Waals surface area contributed by atoms with Crippen LogP contribution in [0, 0.1) is 24.6 Å². The third kappa shape index (κ3) is 4.09. The maximum atomic E-state index is 13.5. The summed E-state index contributed by atoms with van der Waals surface area (Å²) in [7, 11) is 0. The first-order valence-corrected chi connectivity index (χ1v) is 7.08. The van der Waals surface area contributed by atoms with Gasteiger partial charge in [0, 0.05) is 11.3 Å². The first-order chi connectivity index (χ1) is 9.69. The lowest BCUT2D eigenvalue weighted by molar-refractivity contribution is 0.293. The molecule has 0 spiro atoms. The number of aliphatic hydroxyl groups excluding tert-OH is 1. The lowest BCUT2D eigenvalue weighted by Gasteiger charge is -2.06. The van der Waals surface area contributed by atoms with Crippen molar-refractivity contribution in [3.8, 4) is 17.6 Å². The zero-order valence-corrected chi connectivity index (χ0v) is 12.0. The molecule has 0 aliphatic heterocycles. The Balaban J connectivity index is 1.98. The number of thiophene rings is 1. The molecule has 20 heavy (non-hydrogen) atoms. The molecule has 2 aromatic rings. The molecule has 104 valence electrons. The van der Waals surface area contributed by atoms with E-state index in [2.05, 4.69) is 11.8 Å². The number of ether oxygens (including phenoxy) is 1. The van der Waals surface area contributed by atoms with Crippen LogP contribution >= 0.6 is 11.3 Å². The first-order valence-electron chi connectivity index (χ1n) is 6.26. The maximum absolute atomic E-state index is 13.5. The second-order valence-electron chi connectivity index (χ2n) is 4.26. The van der Waals surface area contributed by atoms with Crippen LogP contribution in [-0.4, -0.2) is 11.7 Å². The number of aryl methyl sites for hydroxylation is 1. The van der Waals surface area contributed by atoms with E-state index in [4.69, 9.17) is 9.84 Å². The van der Waals surface area contributed by atoms with Crippen LogP contribution in [0.4, 0.5) is 4.39 Å². The summed E-state index contributed by atoms with van der Waals surface area (Å²) in [5, 5.41) is 8.65. The highest BCUT2D eigenvalue weighted by molar-refractivity contribution is 7.12. The van der Waals surface area contributed by atoms with Gasteiger partial charge < -0.3 is 9.84 Å². The summed E-state index contributed by atoms with van der Waals surface area (Å²) in [6.07, 6.45) is 0.470. The summed E-state index contributed by atoms with van der Waals surface area (Å²) < 4.78 is 19.0. The Morgan fingerprint density at radius 1 is 1.30 bits per heavy atom. The Morgan fingerprint density at radius 2 is 2.15 bits per heavy atom. The molecule has 0 atom stereocenters. The molecular weight excluding hydrogens is 275 g/mol. The van der Waals surface area contributed by atoms with Crippen LogP contribution in [0.15, 0.2) is 30.3 Å². The highest BCUT2D eigenvalue weighted by Gasteiger charge is 2.05. The van der Waals surface area contributed by atoms with E-state index in [1.165, 1.54) is 17.4 Å². The topological polar surface area (TPSA) is 29.5 Å². The molecule has 0 fully saturated rings. The average Bonchev–Trinajstić information content (AvgIpc) is 2.88. The zero-order chi connectivity index (χ0) is 14.4. The molecule has 0 amide bonds. The van der Waals surface area contributed by atoms with Gasteiger partial charge in [0.05, 0.1) is 11.5 Å². The van der Waals surface area contributed by atoms with Gasteiger partial charge in [-0.15, -0.1) is 11.3 Å². The number of hydrogen-bond acceptors (Lipinski definition) is 3. The van der Waals surface area contributed by atoms with Crippen LogP contribution in [0.1, 0.15) is 21.7 Å². The lowest BCUT2D eigenvalue weighted by atomic mass is 10.2. The van der Waals surface area contributed by atoms with Gasteiger partial charge in [0.15, 0.2) is 11.6 Å². The number of halogens is 1. The molecule has 0 aliphatic carbocycles. The van der Waals surface area contributed by atoms with E-state index in [1.807, 2.05) is 19.1 Å². The van der Waals surface area contributed by atoms with E-state index < -0.39 is 0 Å². The van der Waals surface area contributed by atoms with Gasteiger partial charge in [0.2, 0.25) is 0 Å². The summed E-state index contributed by atoms with van der Waals surface area (Å²) in [6, 6.07) is 8.62. The van der Waals surface area contributed by atoms with Crippen molar-refractivity contribution in [2.75, 3.05) is 6.61 Å². The van der Waals surface area contributed by atoms with Gasteiger partial charge in [-0.1, -0.05) is 17.9 Å². The van der Waals surface area contributed by atoms with Gasteiger partial charge in [-0.05, 0) is 36.8 Å². The van der Waals surface area contributed by atoms with Gasteiger partial charge in [-0.3, -0.25) is 0 Å². The third-order valence-corrected chi connectivity index (χ3v) is 3.54. The van der Waals surface area contributed by atoms with Crippen LogP contribution in [-0.2, 0) is 6.61 Å². The Labute approximate surface area is 121 Å². The van der Waals surface area contributed by atoms with Crippen molar-refractivity contribution >= 4 is 11.3 Å². The van der Waals surface area contributed by atoms with Gasteiger partial charge in [0.25, 0.3) is 0 Å². The van der Waals surface area contributed by atoms with E-state index in [1.54, 1.807) is 12.1 Å². The van der Waals surface area contributed by atoms with Crippen molar-refractivity contribution in [2.24, 2.45) is 0 Å². The highest BCUT2D eigenvalue weighted by atomic mass is 32.1. The van der Waals surface area contributed by atoms with Crippen LogP contribution in [0.5, 0.6) is 5.75 Å². The monoisotopic (exact) mass is 290 g/mol. The first kappa shape index (κ1) is 14.6. The fourth-order valence-corrected chi connectivity index (χ4v) is 2.39. The van der Waals surface area contributed by atoms with E-state index >= 15 is 0 Å². The summed E-state index contributed by atoms with van der Waals surface area (Å²) in [4.78, 5) is 1.90. The molecule has 0 bridgehead atoms. The molecule has 0 aliphatic rings. The molecule has 0 saturated heterocycles. The second kappa shape index (κ2) is 7.09. The SMILES string of the molecule is Cc1ccc(F)c(OCc2ccc(C#CCCO)s2)c1. The molecule has 1 heterocycles. The number of rotatable bonds is 4. The summed E-state index contributed by atoms with van der Waals surface area (Å²) in [6.45, 7) is 2.29. The minimum atomic E-state index is -0.352. The molecule has 2 rings (SSSR count). The van der Waals surface area contributed by atoms with Crippen LogP contribution in [0.2, 0.25) is 0 Å². The maximum Gasteiger partial charge on any atom is 0.165 e. The van der Waals surface area contributed by atoms with Gasteiger partial charge >= 0.3 is 0 Å². The van der Waals surface area contributed by atoms with Crippen LogP contribution in [0.3, 0.4) is 0 Å². The summed E-state index contributed by atoms with van der Waals surface area (Å²) >= 11 is 1.51. The normalized spacial score (nSPS) is 9.95. The van der Waals surface area contributed by atoms with Crippen LogP contribution in [0.25, 0.3) is 0 Å². The van der Waals surface area contributed by atoms with Crippen molar-refractivity contribution < 1.29 is 14.2 Å². The zero-order valence-electron chi connectivity index (χ0n) is 11.1. The highest BCUT2D eigenvalue weighted by Crippen LogP contribution is 2.22. The molecule has 2 nitrogen and oxygen atoms in total. The molecule has 4 heteroatoms. The predicted octanol–water partition coefficient (Wildman–Crippen LogP) is 3.51. The molecule has 1 aromatic heterocycles. The lowest BCUT2D eigenvalue weighted by Crippen LogP contribution is -1.95. The quantitative estimate of drug-likeness (QED) is 0.873. The molecule has 1 N–H and O–H groups in total. The Morgan fingerprint density at radius 3 is 2.95 bits per heavy atom. The molecular formula is C16H15FO2S. The van der Waals surface area contributed by atoms with Gasteiger partial charge in [-0.2, -0.15) is 0 Å². The Hall–Kier alpha value is -1.83. The smallest absolute Gasteiger partial charge is 0.165 e. The molecule has 0 unspecified atom stereocenters. The van der Waals surface area contributed by atoms with E-state index in [-0.39, 0.29) is 18.2 Å². The predicted molar refractivity (Wildman–Crippen MR) is 78.4 cm³/mol. The third-order valence-electron chi connectivity index (χ3n) is 2.57. The van der Waals surface area contributed by atoms with Crippen molar-refractivity contribution in [1.82, 2.24) is 0 Å². The van der Waals surface area contributed by atoms with Gasteiger partial charge in [-0.25, -0.2) is 4.39 Å². The number of aliphatic hydroxyl groups is 1. The van der Waals surface area contributed by atoms with Crippen molar-refractivity contribution in [3.05, 3.63) is 51.5 Å². The fourth-order valence-electron chi connectivity index (χ4n) is 1.60. The summed E-state index contributed by atoms with van der Waals surface area (Å²) in [5.41, 5.74) is 0.961. The summed E-state index contributed by atoms with van der Waals surface area (Å²) in [5.74, 6) is 5.75. The standard InChI is InChI=1S/C16H15FO2S/c1-12-5-8-15(17)16(10-12)19-11-14-7-6-13(20-14)4-2-3-9-18/h5-8,10,18H,3,9,11H2,1H3. The van der Waals surface area contributed by atoms with E-state index in [9.17, 15) is 4.39 Å². The fraction of sp³-hybridized carbons (Fsp3) is 0.250. The molecule has 1 aromatic carbocycles. The number of benzene rings is 1.